The van der Waals surface area contributed by atoms with Crippen LogP contribution >= 0.6 is 11.3 Å². The first-order valence-electron chi connectivity index (χ1n) is 6.57. The van der Waals surface area contributed by atoms with Crippen molar-refractivity contribution < 1.29 is 9.53 Å². The van der Waals surface area contributed by atoms with E-state index in [4.69, 9.17) is 4.74 Å². The number of nitrogens with one attached hydrogen (secondary N) is 2. The summed E-state index contributed by atoms with van der Waals surface area (Å²) in [5.41, 5.74) is 0. The van der Waals surface area contributed by atoms with E-state index in [9.17, 15) is 4.79 Å². The van der Waals surface area contributed by atoms with Gasteiger partial charge in [0.2, 0.25) is 5.95 Å². The second kappa shape index (κ2) is 5.72. The first-order valence-corrected chi connectivity index (χ1v) is 7.39. The molecular formula is C13H16N4O2S. The van der Waals surface area contributed by atoms with Gasteiger partial charge in [-0.3, -0.25) is 15.2 Å². The Balaban J connectivity index is 1.52. The molecule has 2 N–H and O–H groups in total. The molecule has 106 valence electrons. The maximum Gasteiger partial charge on any atom is 0.252 e. The van der Waals surface area contributed by atoms with E-state index in [0.29, 0.717) is 18.3 Å². The van der Waals surface area contributed by atoms with Gasteiger partial charge in [-0.15, -0.1) is 16.4 Å². The molecule has 3 rings (SSSR count). The summed E-state index contributed by atoms with van der Waals surface area (Å²) in [7, 11) is 0. The number of carbonyl (C=O) groups is 1. The molecule has 2 aromatic rings. The highest BCUT2D eigenvalue weighted by molar-refractivity contribution is 7.15. The monoisotopic (exact) mass is 292 g/mol. The third-order valence-electron chi connectivity index (χ3n) is 2.99. The molecule has 2 heterocycles. The largest absolute Gasteiger partial charge is 0.371 e. The van der Waals surface area contributed by atoms with Gasteiger partial charge in [0.15, 0.2) is 5.82 Å². The van der Waals surface area contributed by atoms with E-state index in [2.05, 4.69) is 20.5 Å². The number of amides is 1. The van der Waals surface area contributed by atoms with Crippen molar-refractivity contribution in [1.29, 1.82) is 0 Å². The Morgan fingerprint density at radius 1 is 1.55 bits per heavy atom. The van der Waals surface area contributed by atoms with Crippen LogP contribution < -0.4 is 5.32 Å². The number of aromatic amines is 1. The number of aromatic nitrogens is 3. The van der Waals surface area contributed by atoms with E-state index in [1.807, 2.05) is 19.1 Å². The Morgan fingerprint density at radius 2 is 2.40 bits per heavy atom. The van der Waals surface area contributed by atoms with E-state index in [0.717, 1.165) is 4.88 Å². The third-order valence-corrected chi connectivity index (χ3v) is 4.00. The number of anilines is 1. The SMILES string of the molecule is Cc1ccc(-c2nc(NC(=O)COCC3CC3)n[nH]2)s1. The van der Waals surface area contributed by atoms with Crippen LogP contribution in [0, 0.1) is 12.8 Å². The van der Waals surface area contributed by atoms with Gasteiger partial charge in [-0.25, -0.2) is 0 Å². The van der Waals surface area contributed by atoms with E-state index < -0.39 is 0 Å². The van der Waals surface area contributed by atoms with Gasteiger partial charge in [-0.2, -0.15) is 4.98 Å². The third kappa shape index (κ3) is 3.43. The molecule has 2 aromatic heterocycles. The lowest BCUT2D eigenvalue weighted by atomic mass is 10.4. The Bertz CT molecular complexity index is 603. The molecule has 0 bridgehead atoms. The second-order valence-electron chi connectivity index (χ2n) is 4.92. The maximum atomic E-state index is 11.6. The van der Waals surface area contributed by atoms with Crippen molar-refractivity contribution >= 4 is 23.2 Å². The number of H-pyrrole nitrogens is 1. The summed E-state index contributed by atoms with van der Waals surface area (Å²) in [6.45, 7) is 2.75. The van der Waals surface area contributed by atoms with Crippen molar-refractivity contribution in [2.24, 2.45) is 5.92 Å². The minimum absolute atomic E-state index is 0.0541. The normalized spacial score (nSPS) is 14.4. The lowest BCUT2D eigenvalue weighted by Crippen LogP contribution is -2.19. The number of aryl methyl sites for hydroxylation is 1. The van der Waals surface area contributed by atoms with Crippen molar-refractivity contribution in [2.45, 2.75) is 19.8 Å². The fourth-order valence-corrected chi connectivity index (χ4v) is 2.56. The zero-order valence-corrected chi connectivity index (χ0v) is 12.0. The van der Waals surface area contributed by atoms with Crippen molar-refractivity contribution in [3.63, 3.8) is 0 Å². The number of nitrogens with zero attached hydrogens (tertiary/aromatic N) is 2. The second-order valence-corrected chi connectivity index (χ2v) is 6.21. The molecule has 1 saturated carbocycles. The molecule has 0 aromatic carbocycles. The Morgan fingerprint density at radius 3 is 3.10 bits per heavy atom. The summed E-state index contributed by atoms with van der Waals surface area (Å²) in [6, 6.07) is 4.00. The standard InChI is InChI=1S/C13H16N4O2S/c1-8-2-5-10(20-8)12-15-13(17-16-12)14-11(18)7-19-6-9-3-4-9/h2,5,9H,3-4,6-7H2,1H3,(H2,14,15,16,17,18). The van der Waals surface area contributed by atoms with Crippen molar-refractivity contribution in [3.8, 4) is 10.7 Å². The average Bonchev–Trinajstić information content (AvgIpc) is 2.94. The average molecular weight is 292 g/mol. The van der Waals surface area contributed by atoms with Crippen LogP contribution in [-0.2, 0) is 9.53 Å². The molecule has 1 amide bonds. The highest BCUT2D eigenvalue weighted by Crippen LogP contribution is 2.28. The lowest BCUT2D eigenvalue weighted by molar-refractivity contribution is -0.120. The van der Waals surface area contributed by atoms with Gasteiger partial charge in [0.05, 0.1) is 11.5 Å². The van der Waals surface area contributed by atoms with Crippen LogP contribution in [0.4, 0.5) is 5.95 Å². The van der Waals surface area contributed by atoms with Crippen LogP contribution in [0.25, 0.3) is 10.7 Å². The highest BCUT2D eigenvalue weighted by atomic mass is 32.1. The minimum Gasteiger partial charge on any atom is -0.371 e. The molecule has 1 fully saturated rings. The highest BCUT2D eigenvalue weighted by Gasteiger charge is 2.21. The molecule has 0 saturated heterocycles. The first-order chi connectivity index (χ1) is 9.70. The van der Waals surface area contributed by atoms with Gasteiger partial charge in [-0.05, 0) is 37.8 Å². The molecule has 6 nitrogen and oxygen atoms in total. The van der Waals surface area contributed by atoms with E-state index in [1.54, 1.807) is 11.3 Å². The summed E-state index contributed by atoms with van der Waals surface area (Å²) in [5.74, 6) is 1.38. The van der Waals surface area contributed by atoms with Crippen molar-refractivity contribution in [3.05, 3.63) is 17.0 Å². The molecule has 0 atom stereocenters. The summed E-state index contributed by atoms with van der Waals surface area (Å²) < 4.78 is 5.31. The molecule has 20 heavy (non-hydrogen) atoms. The number of carbonyl (C=O) groups excluding carboxylic acids is 1. The minimum atomic E-state index is -0.224. The fourth-order valence-electron chi connectivity index (χ4n) is 1.75. The Labute approximate surface area is 120 Å². The van der Waals surface area contributed by atoms with Crippen LogP contribution in [-0.4, -0.2) is 34.3 Å². The van der Waals surface area contributed by atoms with Gasteiger partial charge in [0.1, 0.15) is 6.61 Å². The zero-order valence-electron chi connectivity index (χ0n) is 11.2. The van der Waals surface area contributed by atoms with Gasteiger partial charge >= 0.3 is 0 Å². The Kier molecular flexibility index (Phi) is 3.79. The summed E-state index contributed by atoms with van der Waals surface area (Å²) in [4.78, 5) is 18.1. The number of thiophene rings is 1. The lowest BCUT2D eigenvalue weighted by Gasteiger charge is -2.01. The van der Waals surface area contributed by atoms with E-state index in [-0.39, 0.29) is 18.5 Å². The van der Waals surface area contributed by atoms with Crippen LogP contribution in [0.15, 0.2) is 12.1 Å². The molecule has 0 aliphatic heterocycles. The van der Waals surface area contributed by atoms with Crippen LogP contribution in [0.5, 0.6) is 0 Å². The molecule has 7 heteroatoms. The predicted molar refractivity (Wildman–Crippen MR) is 76.6 cm³/mol. The van der Waals surface area contributed by atoms with E-state index in [1.165, 1.54) is 17.7 Å². The van der Waals surface area contributed by atoms with Crippen molar-refractivity contribution in [2.75, 3.05) is 18.5 Å². The summed E-state index contributed by atoms with van der Waals surface area (Å²) in [5, 5.41) is 9.42. The number of rotatable bonds is 6. The quantitative estimate of drug-likeness (QED) is 0.855. The fraction of sp³-hybridized carbons (Fsp3) is 0.462. The Hall–Kier alpha value is -1.73. The van der Waals surface area contributed by atoms with Gasteiger partial charge in [-0.1, -0.05) is 0 Å². The van der Waals surface area contributed by atoms with Crippen LogP contribution in [0.3, 0.4) is 0 Å². The zero-order chi connectivity index (χ0) is 13.9. The van der Waals surface area contributed by atoms with Crippen LogP contribution in [0.1, 0.15) is 17.7 Å². The summed E-state index contributed by atoms with van der Waals surface area (Å²) >= 11 is 1.63. The van der Waals surface area contributed by atoms with Gasteiger partial charge in [0, 0.05) is 4.88 Å². The van der Waals surface area contributed by atoms with E-state index >= 15 is 0 Å². The smallest absolute Gasteiger partial charge is 0.252 e. The van der Waals surface area contributed by atoms with Crippen molar-refractivity contribution in [1.82, 2.24) is 15.2 Å². The molecule has 1 aliphatic rings. The molecular weight excluding hydrogens is 276 g/mol. The molecule has 1 aliphatic carbocycles. The molecule has 0 radical (unpaired) electrons. The molecule has 0 spiro atoms. The topological polar surface area (TPSA) is 79.9 Å². The number of ether oxygens (including phenoxy) is 1. The van der Waals surface area contributed by atoms with Gasteiger partial charge < -0.3 is 4.74 Å². The first kappa shape index (κ1) is 13.3. The number of hydrogen-bond donors (Lipinski definition) is 2. The predicted octanol–water partition coefficient (Wildman–Crippen LogP) is 2.21. The number of hydrogen-bond acceptors (Lipinski definition) is 5. The van der Waals surface area contributed by atoms with Crippen LogP contribution in [0.2, 0.25) is 0 Å². The summed E-state index contributed by atoms with van der Waals surface area (Å²) in [6.07, 6.45) is 2.43. The maximum absolute atomic E-state index is 11.6. The molecule has 0 unspecified atom stereocenters. The van der Waals surface area contributed by atoms with Gasteiger partial charge in [0.25, 0.3) is 5.91 Å².